The van der Waals surface area contributed by atoms with Crippen molar-refractivity contribution < 1.29 is 19.6 Å². The van der Waals surface area contributed by atoms with E-state index in [2.05, 4.69) is 0 Å². The molecule has 2 fully saturated rings. The summed E-state index contributed by atoms with van der Waals surface area (Å²) in [6.07, 6.45) is 0. The summed E-state index contributed by atoms with van der Waals surface area (Å²) in [6.45, 7) is 3.70. The predicted molar refractivity (Wildman–Crippen MR) is 50.8 cm³/mol. The van der Waals surface area contributed by atoms with Gasteiger partial charge in [-0.3, -0.25) is 0 Å². The third-order valence-electron chi connectivity index (χ3n) is 2.90. The molecule has 2 aliphatic heterocycles. The highest BCUT2D eigenvalue weighted by Crippen LogP contribution is 2.38. The molecule has 6 heteroatoms. The summed E-state index contributed by atoms with van der Waals surface area (Å²) >= 11 is 1.50. The van der Waals surface area contributed by atoms with Crippen LogP contribution >= 0.6 is 11.8 Å². The average molecular weight is 217 g/mol. The summed E-state index contributed by atoms with van der Waals surface area (Å²) < 4.78 is -0.421. The van der Waals surface area contributed by atoms with E-state index < -0.39 is 22.8 Å². The Morgan fingerprint density at radius 2 is 2.21 bits per heavy atom. The van der Waals surface area contributed by atoms with Gasteiger partial charge in [0.1, 0.15) is 0 Å². The Kier molecular flexibility index (Phi) is 1.93. The lowest BCUT2D eigenvalue weighted by Gasteiger charge is -2.34. The van der Waals surface area contributed by atoms with Gasteiger partial charge in [-0.1, -0.05) is 11.8 Å². The summed E-state index contributed by atoms with van der Waals surface area (Å²) in [7, 11) is 0. The number of nitrogens with one attached hydrogen (secondary N) is 1. The zero-order chi connectivity index (χ0) is 10.7. The van der Waals surface area contributed by atoms with Gasteiger partial charge in [0.25, 0.3) is 0 Å². The molecule has 2 saturated heterocycles. The third kappa shape index (κ3) is 1.04. The van der Waals surface area contributed by atoms with Crippen molar-refractivity contribution in [3.05, 3.63) is 0 Å². The number of aliphatic carboxylic acids is 1. The standard InChI is InChI=1S/C8H12N2O3S/c1-8(2)4(7(12)13)10-5(11)3(9)6(10)14-8/h3-4,6H,9H2,1-2H3,(H,12,13)/p+1. The highest BCUT2D eigenvalue weighted by atomic mass is 32.2. The van der Waals surface area contributed by atoms with Gasteiger partial charge in [0.05, 0.1) is 4.75 Å². The minimum absolute atomic E-state index is 0.0707. The number of β-lactam (4-membered cyclic amide) rings is 1. The Morgan fingerprint density at radius 1 is 1.64 bits per heavy atom. The second kappa shape index (κ2) is 2.71. The molecule has 4 unspecified atom stereocenters. The Bertz CT molecular complexity index is 318. The number of amides is 1. The maximum Gasteiger partial charge on any atom is 0.364 e. The third-order valence-corrected chi connectivity index (χ3v) is 4.55. The molecule has 2 aliphatic rings. The Morgan fingerprint density at radius 3 is 2.71 bits per heavy atom. The normalized spacial score (nSPS) is 44.4. The van der Waals surface area contributed by atoms with Crippen molar-refractivity contribution in [1.29, 1.82) is 0 Å². The van der Waals surface area contributed by atoms with Gasteiger partial charge in [-0.15, -0.1) is 0 Å². The van der Waals surface area contributed by atoms with Crippen LogP contribution in [0.3, 0.4) is 0 Å². The number of carboxylic acid groups (broad SMARTS) is 1. The van der Waals surface area contributed by atoms with Crippen molar-refractivity contribution in [3.63, 3.8) is 0 Å². The van der Waals surface area contributed by atoms with Crippen LogP contribution in [0.2, 0.25) is 0 Å². The van der Waals surface area contributed by atoms with Crippen LogP contribution in [0.15, 0.2) is 0 Å². The van der Waals surface area contributed by atoms with E-state index in [1.807, 2.05) is 13.8 Å². The molecule has 0 aromatic rings. The molecule has 0 aromatic carbocycles. The summed E-state index contributed by atoms with van der Waals surface area (Å²) in [5, 5.41) is 8.98. The van der Waals surface area contributed by atoms with Crippen molar-refractivity contribution in [1.82, 2.24) is 0 Å². The molecule has 5 nitrogen and oxygen atoms in total. The number of carbonyl (C=O) groups excluding carboxylic acids is 1. The minimum Gasteiger partial charge on any atom is -0.477 e. The van der Waals surface area contributed by atoms with Crippen LogP contribution in [0.1, 0.15) is 13.8 Å². The maximum absolute atomic E-state index is 11.4. The van der Waals surface area contributed by atoms with Gasteiger partial charge < -0.3 is 10.8 Å². The molecule has 1 amide bonds. The second-order valence-electron chi connectivity index (χ2n) is 4.26. The fourth-order valence-corrected chi connectivity index (χ4v) is 3.88. The SMILES string of the molecule is CC1(C)SC2C(N)C(=O)[NH+]2C1C(=O)O. The largest absolute Gasteiger partial charge is 0.477 e. The van der Waals surface area contributed by atoms with E-state index in [9.17, 15) is 9.59 Å². The number of carboxylic acids is 1. The van der Waals surface area contributed by atoms with Gasteiger partial charge in [-0.05, 0) is 13.8 Å². The number of fused-ring (bicyclic) bond motifs is 1. The Hall–Kier alpha value is -0.590. The van der Waals surface area contributed by atoms with Crippen molar-refractivity contribution >= 4 is 23.6 Å². The molecule has 4 N–H and O–H groups in total. The molecule has 2 heterocycles. The highest BCUT2D eigenvalue weighted by molar-refractivity contribution is 8.01. The van der Waals surface area contributed by atoms with Gasteiger partial charge in [0.2, 0.25) is 6.04 Å². The molecule has 4 atom stereocenters. The number of quaternary nitrogens is 1. The molecule has 0 aliphatic carbocycles. The Balaban J connectivity index is 2.32. The summed E-state index contributed by atoms with van der Waals surface area (Å²) in [5.74, 6) is -1.08. The van der Waals surface area contributed by atoms with Gasteiger partial charge in [-0.25, -0.2) is 14.5 Å². The number of carbonyl (C=O) groups is 2. The predicted octanol–water partition coefficient (Wildman–Crippen LogP) is -1.96. The molecule has 0 spiro atoms. The smallest absolute Gasteiger partial charge is 0.364 e. The zero-order valence-electron chi connectivity index (χ0n) is 7.98. The van der Waals surface area contributed by atoms with Crippen LogP contribution in [0.4, 0.5) is 0 Å². The maximum atomic E-state index is 11.4. The highest BCUT2D eigenvalue weighted by Gasteiger charge is 2.68. The van der Waals surface area contributed by atoms with Crippen LogP contribution in [-0.4, -0.2) is 39.2 Å². The summed E-state index contributed by atoms with van der Waals surface area (Å²) in [6, 6.07) is -1.15. The monoisotopic (exact) mass is 217 g/mol. The molecule has 2 rings (SSSR count). The summed E-state index contributed by atoms with van der Waals surface area (Å²) in [4.78, 5) is 23.0. The van der Waals surface area contributed by atoms with Crippen molar-refractivity contribution in [3.8, 4) is 0 Å². The van der Waals surface area contributed by atoms with E-state index >= 15 is 0 Å². The van der Waals surface area contributed by atoms with Crippen LogP contribution in [0, 0.1) is 0 Å². The first kappa shape index (κ1) is 9.95. The van der Waals surface area contributed by atoms with Crippen LogP contribution in [0.5, 0.6) is 0 Å². The van der Waals surface area contributed by atoms with E-state index in [0.717, 1.165) is 0 Å². The summed E-state index contributed by atoms with van der Waals surface area (Å²) in [5.41, 5.74) is 5.61. The van der Waals surface area contributed by atoms with Gasteiger partial charge in [0, 0.05) is 0 Å². The van der Waals surface area contributed by atoms with Crippen LogP contribution < -0.4 is 10.6 Å². The Labute approximate surface area is 85.6 Å². The number of hydrogen-bond donors (Lipinski definition) is 3. The van der Waals surface area contributed by atoms with Gasteiger partial charge in [-0.2, -0.15) is 0 Å². The number of thioether (sulfide) groups is 1. The molecule has 14 heavy (non-hydrogen) atoms. The first-order valence-corrected chi connectivity index (χ1v) is 5.31. The first-order valence-electron chi connectivity index (χ1n) is 4.43. The quantitative estimate of drug-likeness (QED) is 0.444. The fraction of sp³-hybridized carbons (Fsp3) is 0.750. The second-order valence-corrected chi connectivity index (χ2v) is 6.05. The van der Waals surface area contributed by atoms with Crippen LogP contribution in [-0.2, 0) is 9.59 Å². The molecule has 0 radical (unpaired) electrons. The minimum atomic E-state index is -0.916. The fourth-order valence-electron chi connectivity index (χ4n) is 2.21. The lowest BCUT2D eigenvalue weighted by atomic mass is 9.96. The zero-order valence-corrected chi connectivity index (χ0v) is 8.80. The molecule has 0 saturated carbocycles. The lowest BCUT2D eigenvalue weighted by molar-refractivity contribution is -0.874. The van der Waals surface area contributed by atoms with E-state index in [1.54, 1.807) is 0 Å². The van der Waals surface area contributed by atoms with Gasteiger partial charge >= 0.3 is 11.9 Å². The molecule has 0 aromatic heterocycles. The van der Waals surface area contributed by atoms with E-state index in [1.165, 1.54) is 11.8 Å². The number of nitrogens with two attached hydrogens (primary N) is 1. The van der Waals surface area contributed by atoms with Crippen molar-refractivity contribution in [2.45, 2.75) is 36.1 Å². The number of hydrogen-bond acceptors (Lipinski definition) is 4. The van der Waals surface area contributed by atoms with Crippen molar-refractivity contribution in [2.24, 2.45) is 5.73 Å². The molecule has 78 valence electrons. The average Bonchev–Trinajstić information content (AvgIpc) is 2.34. The van der Waals surface area contributed by atoms with Crippen LogP contribution in [0.25, 0.3) is 0 Å². The van der Waals surface area contributed by atoms with Crippen molar-refractivity contribution in [2.75, 3.05) is 0 Å². The lowest BCUT2D eigenvalue weighted by Crippen LogP contribution is -3.30. The molecular weight excluding hydrogens is 204 g/mol. The van der Waals surface area contributed by atoms with E-state index in [-0.39, 0.29) is 11.3 Å². The van der Waals surface area contributed by atoms with Gasteiger partial charge in [0.15, 0.2) is 11.4 Å². The molecule has 0 bridgehead atoms. The first-order chi connectivity index (χ1) is 6.36. The topological polar surface area (TPSA) is 84.8 Å². The number of rotatable bonds is 1. The molecular formula is C8H13N2O3S+. The van der Waals surface area contributed by atoms with E-state index in [0.29, 0.717) is 4.90 Å². The van der Waals surface area contributed by atoms with E-state index in [4.69, 9.17) is 10.8 Å².